The van der Waals surface area contributed by atoms with Crippen molar-refractivity contribution in [2.24, 2.45) is 0 Å². The van der Waals surface area contributed by atoms with Crippen molar-refractivity contribution >= 4 is 17.9 Å². The lowest BCUT2D eigenvalue weighted by atomic mass is 10.1. The molecule has 39 heavy (non-hydrogen) atoms. The third kappa shape index (κ3) is 7.65. The molecule has 2 heterocycles. The highest BCUT2D eigenvalue weighted by Gasteiger charge is 2.38. The van der Waals surface area contributed by atoms with Crippen molar-refractivity contribution in [1.82, 2.24) is 9.80 Å². The van der Waals surface area contributed by atoms with Crippen molar-refractivity contribution in [2.75, 3.05) is 40.5 Å². The van der Waals surface area contributed by atoms with Gasteiger partial charge in [0.05, 0.1) is 14.2 Å². The van der Waals surface area contributed by atoms with Gasteiger partial charge in [-0.05, 0) is 56.9 Å². The first kappa shape index (κ1) is 29.8. The molecule has 0 radical (unpaired) electrons. The van der Waals surface area contributed by atoms with Crippen LogP contribution < -0.4 is 14.2 Å². The van der Waals surface area contributed by atoms with E-state index < -0.39 is 0 Å². The van der Waals surface area contributed by atoms with Gasteiger partial charge in [0.15, 0.2) is 6.61 Å². The smallest absolute Gasteiger partial charge is 0.261 e. The summed E-state index contributed by atoms with van der Waals surface area (Å²) in [5.74, 6) is 2.07. The normalized spacial score (nSPS) is 16.5. The van der Waals surface area contributed by atoms with Crippen LogP contribution in [0.25, 0.3) is 6.08 Å². The number of aryl methyl sites for hydroxylation is 1. The van der Waals surface area contributed by atoms with Gasteiger partial charge in [-0.3, -0.25) is 9.59 Å². The maximum atomic E-state index is 13.1. The molecule has 1 atom stereocenters. The largest absolute Gasteiger partial charge is 0.497 e. The summed E-state index contributed by atoms with van der Waals surface area (Å²) in [5, 5.41) is 0. The number of benzene rings is 2. The summed E-state index contributed by atoms with van der Waals surface area (Å²) in [5.41, 5.74) is 5.01. The Morgan fingerprint density at radius 1 is 1.00 bits per heavy atom. The van der Waals surface area contributed by atoms with Crippen LogP contribution in [0.15, 0.2) is 60.2 Å². The average Bonchev–Trinajstić information content (AvgIpc) is 3.63. The van der Waals surface area contributed by atoms with Gasteiger partial charge in [-0.15, -0.1) is 0 Å². The molecule has 210 valence electrons. The molecule has 7 heteroatoms. The van der Waals surface area contributed by atoms with Gasteiger partial charge in [0.2, 0.25) is 5.91 Å². The lowest BCUT2D eigenvalue weighted by molar-refractivity contribution is -0.144. The summed E-state index contributed by atoms with van der Waals surface area (Å²) in [6, 6.07) is 12.8. The van der Waals surface area contributed by atoms with Gasteiger partial charge in [0.25, 0.3) is 5.91 Å². The van der Waals surface area contributed by atoms with E-state index in [1.165, 1.54) is 16.7 Å². The Labute approximate surface area is 233 Å². The minimum Gasteiger partial charge on any atom is -0.497 e. The van der Waals surface area contributed by atoms with Crippen LogP contribution in [-0.2, 0) is 9.59 Å². The molecule has 1 saturated heterocycles. The molecular formula is C32H42N2O5. The first-order valence-electron chi connectivity index (χ1n) is 13.7. The van der Waals surface area contributed by atoms with Gasteiger partial charge in [0, 0.05) is 31.3 Å². The number of likely N-dealkylation sites (tertiary alicyclic amines) is 1. The fourth-order valence-electron chi connectivity index (χ4n) is 5.08. The fourth-order valence-corrected chi connectivity index (χ4v) is 5.08. The molecule has 0 spiro atoms. The van der Waals surface area contributed by atoms with Gasteiger partial charge in [-0.2, -0.15) is 0 Å². The molecular weight excluding hydrogens is 492 g/mol. The van der Waals surface area contributed by atoms with E-state index in [4.69, 9.17) is 14.2 Å². The Morgan fingerprint density at radius 2 is 1.69 bits per heavy atom. The first-order valence-corrected chi connectivity index (χ1v) is 13.7. The fraction of sp³-hybridized carbons (Fsp3) is 0.438. The molecule has 7 nitrogen and oxygen atoms in total. The zero-order valence-electron chi connectivity index (χ0n) is 24.0. The summed E-state index contributed by atoms with van der Waals surface area (Å²) in [7, 11) is 3.25. The molecule has 4 rings (SSSR count). The number of hydrogen-bond acceptors (Lipinski definition) is 5. The van der Waals surface area contributed by atoms with Crippen LogP contribution in [0.3, 0.4) is 0 Å². The molecule has 2 amide bonds. The maximum absolute atomic E-state index is 13.1. The molecule has 2 aliphatic heterocycles. The van der Waals surface area contributed by atoms with Gasteiger partial charge < -0.3 is 24.0 Å². The molecule has 1 fully saturated rings. The minimum absolute atomic E-state index is 0.0710. The predicted octanol–water partition coefficient (Wildman–Crippen LogP) is 5.67. The summed E-state index contributed by atoms with van der Waals surface area (Å²) in [6.45, 7) is 12.0. The minimum atomic E-state index is -0.365. The van der Waals surface area contributed by atoms with Crippen molar-refractivity contribution in [3.8, 4) is 17.2 Å². The molecule has 0 unspecified atom stereocenters. The van der Waals surface area contributed by atoms with Gasteiger partial charge in [-0.25, -0.2) is 0 Å². The summed E-state index contributed by atoms with van der Waals surface area (Å²) in [6.07, 6.45) is 5.34. The molecule has 2 aromatic carbocycles. The highest BCUT2D eigenvalue weighted by Crippen LogP contribution is 2.27. The number of nitrogens with zero attached hydrogens (tertiary/aromatic N) is 2. The number of amides is 2. The predicted molar refractivity (Wildman–Crippen MR) is 155 cm³/mol. The third-order valence-electron chi connectivity index (χ3n) is 7.30. The van der Waals surface area contributed by atoms with E-state index in [9.17, 15) is 9.59 Å². The van der Waals surface area contributed by atoms with Crippen LogP contribution >= 0.6 is 0 Å². The van der Waals surface area contributed by atoms with Crippen molar-refractivity contribution < 1.29 is 23.8 Å². The highest BCUT2D eigenvalue weighted by atomic mass is 16.5. The Morgan fingerprint density at radius 3 is 2.31 bits per heavy atom. The summed E-state index contributed by atoms with van der Waals surface area (Å²) < 4.78 is 15.9. The number of rotatable bonds is 9. The summed E-state index contributed by atoms with van der Waals surface area (Å²) >= 11 is 0. The first-order chi connectivity index (χ1) is 18.8. The van der Waals surface area contributed by atoms with Crippen LogP contribution in [0, 0.1) is 6.92 Å². The number of carbonyl (C=O) groups excluding carboxylic acids is 2. The number of carbonyl (C=O) groups is 2. The Kier molecular flexibility index (Phi) is 11.0. The Bertz CT molecular complexity index is 1170. The maximum Gasteiger partial charge on any atom is 0.261 e. The second-order valence-corrected chi connectivity index (χ2v) is 9.77. The molecule has 0 N–H and O–H groups in total. The SMILES string of the molecule is C=Cc1cc(C)ccc1OC.CCC1=C(CC)CN(C(=O)[C@@H]2CCCN2C(=O)COc2cccc(OC)c2)C1. The van der Waals surface area contributed by atoms with Crippen molar-refractivity contribution in [3.05, 3.63) is 71.3 Å². The monoisotopic (exact) mass is 534 g/mol. The van der Waals surface area contributed by atoms with E-state index in [0.717, 1.165) is 37.0 Å². The second kappa shape index (κ2) is 14.4. The molecule has 0 saturated carbocycles. The van der Waals surface area contributed by atoms with E-state index in [2.05, 4.69) is 20.4 Å². The van der Waals surface area contributed by atoms with E-state index in [1.54, 1.807) is 37.3 Å². The quantitative estimate of drug-likeness (QED) is 0.388. The number of hydrogen-bond donors (Lipinski definition) is 0. The summed E-state index contributed by atoms with van der Waals surface area (Å²) in [4.78, 5) is 29.4. The third-order valence-corrected chi connectivity index (χ3v) is 7.30. The van der Waals surface area contributed by atoms with E-state index in [1.807, 2.05) is 42.2 Å². The van der Waals surface area contributed by atoms with E-state index in [0.29, 0.717) is 31.1 Å². The van der Waals surface area contributed by atoms with Crippen molar-refractivity contribution in [2.45, 2.75) is 52.5 Å². The zero-order valence-corrected chi connectivity index (χ0v) is 24.0. The molecule has 0 bridgehead atoms. The van der Waals surface area contributed by atoms with Crippen LogP contribution in [-0.4, -0.2) is 68.1 Å². The zero-order chi connectivity index (χ0) is 28.4. The van der Waals surface area contributed by atoms with E-state index in [-0.39, 0.29) is 24.5 Å². The molecule has 2 aromatic rings. The Balaban J connectivity index is 0.000000320. The molecule has 0 aliphatic carbocycles. The topological polar surface area (TPSA) is 68.3 Å². The van der Waals surface area contributed by atoms with Gasteiger partial charge in [0.1, 0.15) is 23.3 Å². The average molecular weight is 535 g/mol. The number of methoxy groups -OCH3 is 2. The van der Waals surface area contributed by atoms with Crippen molar-refractivity contribution in [3.63, 3.8) is 0 Å². The van der Waals surface area contributed by atoms with Crippen molar-refractivity contribution in [1.29, 1.82) is 0 Å². The van der Waals surface area contributed by atoms with Crippen LogP contribution in [0.1, 0.15) is 50.7 Å². The lowest BCUT2D eigenvalue weighted by Crippen LogP contribution is -2.48. The number of ether oxygens (including phenoxy) is 3. The standard InChI is InChI=1S/C22H30N2O4.C10H12O/c1-4-16-13-23(14-17(16)5-2)22(26)20-10-7-11-24(20)21(25)15-28-19-9-6-8-18(12-19)27-3;1-4-9-7-8(2)5-6-10(9)11-3/h6,8-9,12,20H,4-5,7,10-11,13-15H2,1-3H3;4-7H,1H2,2-3H3/t20-;/m0./s1. The van der Waals surface area contributed by atoms with Gasteiger partial charge in [-0.1, -0.05) is 55.3 Å². The highest BCUT2D eigenvalue weighted by molar-refractivity contribution is 5.89. The Hall–Kier alpha value is -3.74. The molecule has 0 aromatic heterocycles. The van der Waals surface area contributed by atoms with E-state index >= 15 is 0 Å². The van der Waals surface area contributed by atoms with Gasteiger partial charge >= 0.3 is 0 Å². The van der Waals surface area contributed by atoms with Crippen LogP contribution in [0.4, 0.5) is 0 Å². The lowest BCUT2D eigenvalue weighted by Gasteiger charge is -2.28. The second-order valence-electron chi connectivity index (χ2n) is 9.77. The van der Waals surface area contributed by atoms with Crippen LogP contribution in [0.2, 0.25) is 0 Å². The van der Waals surface area contributed by atoms with Crippen LogP contribution in [0.5, 0.6) is 17.2 Å². The molecule has 2 aliphatic rings.